The van der Waals surface area contributed by atoms with Gasteiger partial charge in [-0.15, -0.1) is 0 Å². The first-order chi connectivity index (χ1) is 10.6. The topological polar surface area (TPSA) is 75.4 Å². The second kappa shape index (κ2) is 6.14. The van der Waals surface area contributed by atoms with E-state index in [1.807, 2.05) is 30.3 Å². The number of rotatable bonds is 4. The Bertz CT molecular complexity index is 663. The molecule has 1 aromatic heterocycles. The highest BCUT2D eigenvalue weighted by molar-refractivity contribution is 7.99. The molecule has 1 saturated heterocycles. The van der Waals surface area contributed by atoms with Crippen LogP contribution in [-0.2, 0) is 0 Å². The van der Waals surface area contributed by atoms with Crippen molar-refractivity contribution >= 4 is 17.7 Å². The summed E-state index contributed by atoms with van der Waals surface area (Å²) in [6.45, 7) is 1.96. The molecule has 0 spiro atoms. The van der Waals surface area contributed by atoms with E-state index >= 15 is 0 Å². The molecule has 0 unspecified atom stereocenters. The van der Waals surface area contributed by atoms with Crippen molar-refractivity contribution in [2.45, 2.75) is 18.9 Å². The summed E-state index contributed by atoms with van der Waals surface area (Å²) in [6.07, 6.45) is 0.701. The maximum absolute atomic E-state index is 12.5. The Morgan fingerprint density at radius 2 is 2.23 bits per heavy atom. The molecule has 1 atom stereocenters. The lowest BCUT2D eigenvalue weighted by Gasteiger charge is -2.21. The highest BCUT2D eigenvalue weighted by Crippen LogP contribution is 2.28. The Kier molecular flexibility index (Phi) is 4.22. The zero-order chi connectivity index (χ0) is 15.6. The van der Waals surface area contributed by atoms with Crippen LogP contribution in [0.5, 0.6) is 0 Å². The number of hydrogen-bond donors (Lipinski definition) is 2. The normalized spacial score (nSPS) is 21.0. The molecule has 1 fully saturated rings. The van der Waals surface area contributed by atoms with Crippen LogP contribution in [0.4, 0.5) is 0 Å². The van der Waals surface area contributed by atoms with Crippen LogP contribution in [0, 0.1) is 6.92 Å². The molecule has 0 saturated carbocycles. The zero-order valence-electron chi connectivity index (χ0n) is 12.3. The van der Waals surface area contributed by atoms with E-state index in [-0.39, 0.29) is 12.5 Å². The van der Waals surface area contributed by atoms with Gasteiger partial charge >= 0.3 is 0 Å². The monoisotopic (exact) mass is 318 g/mol. The summed E-state index contributed by atoms with van der Waals surface area (Å²) in [5, 5.41) is 17.1. The molecule has 1 aliphatic rings. The highest BCUT2D eigenvalue weighted by atomic mass is 32.2. The summed E-state index contributed by atoms with van der Waals surface area (Å²) in [5.41, 5.74) is 0.988. The third-order valence-corrected chi connectivity index (χ3v) is 5.03. The van der Waals surface area contributed by atoms with Crippen molar-refractivity contribution in [3.63, 3.8) is 0 Å². The van der Waals surface area contributed by atoms with Crippen molar-refractivity contribution in [2.24, 2.45) is 0 Å². The first-order valence-electron chi connectivity index (χ1n) is 7.19. The number of aromatic nitrogens is 1. The number of hydrogen-bond acceptors (Lipinski definition) is 5. The van der Waals surface area contributed by atoms with Crippen LogP contribution in [0.1, 0.15) is 22.5 Å². The number of nitrogens with zero attached hydrogens (tertiary/aromatic N) is 1. The van der Waals surface area contributed by atoms with E-state index in [2.05, 4.69) is 10.5 Å². The third kappa shape index (κ3) is 3.03. The van der Waals surface area contributed by atoms with Gasteiger partial charge in [0.1, 0.15) is 17.0 Å². The van der Waals surface area contributed by atoms with Crippen LogP contribution in [0.2, 0.25) is 0 Å². The van der Waals surface area contributed by atoms with Gasteiger partial charge in [-0.25, -0.2) is 0 Å². The molecule has 116 valence electrons. The van der Waals surface area contributed by atoms with E-state index in [9.17, 15) is 9.90 Å². The fourth-order valence-corrected chi connectivity index (χ4v) is 3.80. The van der Waals surface area contributed by atoms with Gasteiger partial charge in [0.2, 0.25) is 0 Å². The maximum Gasteiger partial charge on any atom is 0.257 e. The molecular weight excluding hydrogens is 300 g/mol. The van der Waals surface area contributed by atoms with E-state index in [1.165, 1.54) is 0 Å². The number of aliphatic hydroxyl groups is 1. The molecule has 0 aliphatic carbocycles. The van der Waals surface area contributed by atoms with Gasteiger partial charge in [-0.1, -0.05) is 35.5 Å². The fraction of sp³-hybridized carbons (Fsp3) is 0.375. The quantitative estimate of drug-likeness (QED) is 0.904. The summed E-state index contributed by atoms with van der Waals surface area (Å²) in [4.78, 5) is 12.5. The highest BCUT2D eigenvalue weighted by Gasteiger charge is 2.33. The Hall–Kier alpha value is -1.79. The second-order valence-electron chi connectivity index (χ2n) is 5.54. The molecule has 0 bridgehead atoms. The maximum atomic E-state index is 12.5. The van der Waals surface area contributed by atoms with E-state index in [1.54, 1.807) is 18.7 Å². The van der Waals surface area contributed by atoms with Crippen molar-refractivity contribution in [2.75, 3.05) is 18.1 Å². The number of carbonyl (C=O) groups is 1. The lowest BCUT2D eigenvalue weighted by Crippen LogP contribution is -2.43. The van der Waals surface area contributed by atoms with Crippen LogP contribution in [0.15, 0.2) is 34.9 Å². The molecule has 2 aromatic rings. The molecule has 3 rings (SSSR count). The van der Waals surface area contributed by atoms with Crippen LogP contribution < -0.4 is 5.32 Å². The molecule has 1 amide bonds. The van der Waals surface area contributed by atoms with E-state index < -0.39 is 5.60 Å². The van der Waals surface area contributed by atoms with Gasteiger partial charge in [-0.2, -0.15) is 11.8 Å². The summed E-state index contributed by atoms with van der Waals surface area (Å²) in [5.74, 6) is 1.79. The summed E-state index contributed by atoms with van der Waals surface area (Å²) in [7, 11) is 0. The van der Waals surface area contributed by atoms with Crippen LogP contribution >= 0.6 is 11.8 Å². The number of benzene rings is 1. The Morgan fingerprint density at radius 3 is 2.91 bits per heavy atom. The molecule has 5 nitrogen and oxygen atoms in total. The van der Waals surface area contributed by atoms with Crippen LogP contribution in [0.25, 0.3) is 11.3 Å². The van der Waals surface area contributed by atoms with Gasteiger partial charge in [0, 0.05) is 17.9 Å². The Labute approximate surface area is 133 Å². The Balaban J connectivity index is 1.79. The summed E-state index contributed by atoms with van der Waals surface area (Å²) in [6, 6.07) is 9.45. The molecule has 1 aromatic carbocycles. The molecule has 2 N–H and O–H groups in total. The van der Waals surface area contributed by atoms with E-state index in [4.69, 9.17) is 4.52 Å². The van der Waals surface area contributed by atoms with Crippen molar-refractivity contribution in [1.29, 1.82) is 0 Å². The average Bonchev–Trinajstić information content (AvgIpc) is 3.13. The van der Waals surface area contributed by atoms with Gasteiger partial charge in [-0.05, 0) is 19.1 Å². The smallest absolute Gasteiger partial charge is 0.257 e. The predicted molar refractivity (Wildman–Crippen MR) is 85.9 cm³/mol. The van der Waals surface area contributed by atoms with Crippen molar-refractivity contribution < 1.29 is 14.4 Å². The summed E-state index contributed by atoms with van der Waals surface area (Å²) < 4.78 is 5.19. The molecule has 0 radical (unpaired) electrons. The molecule has 1 aliphatic heterocycles. The minimum atomic E-state index is -0.807. The number of nitrogens with one attached hydrogen (secondary N) is 1. The number of thioether (sulfide) groups is 1. The van der Waals surface area contributed by atoms with Crippen molar-refractivity contribution in [3.8, 4) is 11.3 Å². The minimum Gasteiger partial charge on any atom is -0.387 e. The SMILES string of the molecule is Cc1onc(-c2ccccc2)c1C(=O)NC[C@]1(O)CCSC1. The van der Waals surface area contributed by atoms with Crippen molar-refractivity contribution in [3.05, 3.63) is 41.7 Å². The minimum absolute atomic E-state index is 0.248. The average molecular weight is 318 g/mol. The van der Waals surface area contributed by atoms with Crippen LogP contribution in [-0.4, -0.2) is 39.8 Å². The zero-order valence-corrected chi connectivity index (χ0v) is 13.2. The second-order valence-corrected chi connectivity index (χ2v) is 6.64. The Morgan fingerprint density at radius 1 is 1.45 bits per heavy atom. The molecule has 22 heavy (non-hydrogen) atoms. The number of carbonyl (C=O) groups excluding carboxylic acids is 1. The fourth-order valence-electron chi connectivity index (χ4n) is 2.50. The molecular formula is C16H18N2O3S. The number of aryl methyl sites for hydroxylation is 1. The van der Waals surface area contributed by atoms with Gasteiger partial charge in [0.25, 0.3) is 5.91 Å². The van der Waals surface area contributed by atoms with Gasteiger partial charge in [-0.3, -0.25) is 4.79 Å². The lowest BCUT2D eigenvalue weighted by molar-refractivity contribution is 0.0612. The van der Waals surface area contributed by atoms with Gasteiger partial charge in [0.05, 0.1) is 5.60 Å². The first-order valence-corrected chi connectivity index (χ1v) is 8.34. The largest absolute Gasteiger partial charge is 0.387 e. The van der Waals surface area contributed by atoms with Crippen molar-refractivity contribution in [1.82, 2.24) is 10.5 Å². The molecule has 6 heteroatoms. The molecule has 2 heterocycles. The lowest BCUT2D eigenvalue weighted by atomic mass is 10.0. The number of amides is 1. The van der Waals surface area contributed by atoms with Gasteiger partial charge in [0.15, 0.2) is 0 Å². The first kappa shape index (κ1) is 15.1. The van der Waals surface area contributed by atoms with E-state index in [0.29, 0.717) is 29.2 Å². The predicted octanol–water partition coefficient (Wildman–Crippen LogP) is 2.25. The third-order valence-electron chi connectivity index (χ3n) is 3.80. The summed E-state index contributed by atoms with van der Waals surface area (Å²) >= 11 is 1.70. The van der Waals surface area contributed by atoms with E-state index in [0.717, 1.165) is 11.3 Å². The van der Waals surface area contributed by atoms with Gasteiger partial charge < -0.3 is 14.9 Å². The standard InChI is InChI=1S/C16H18N2O3S/c1-11-13(14(18-21-11)12-5-3-2-4-6-12)15(19)17-9-16(20)7-8-22-10-16/h2-6,20H,7-10H2,1H3,(H,17,19)/t16-/m1/s1. The van der Waals surface area contributed by atoms with Crippen LogP contribution in [0.3, 0.4) is 0 Å².